The number of hydrogen-bond donors (Lipinski definition) is 2. The van der Waals surface area contributed by atoms with E-state index in [-0.39, 0.29) is 18.8 Å². The Morgan fingerprint density at radius 2 is 2.00 bits per heavy atom. The molecule has 0 aromatic carbocycles. The molecule has 7 heteroatoms. The van der Waals surface area contributed by atoms with Crippen LogP contribution < -0.4 is 0 Å². The van der Waals surface area contributed by atoms with Crippen LogP contribution in [0.3, 0.4) is 0 Å². The summed E-state index contributed by atoms with van der Waals surface area (Å²) >= 11 is 0. The molecule has 118 valence electrons. The molecule has 3 fully saturated rings. The molecule has 0 amide bonds. The first-order valence-corrected chi connectivity index (χ1v) is 7.24. The van der Waals surface area contributed by atoms with Crippen molar-refractivity contribution in [2.24, 2.45) is 16.7 Å². The molecular formula is C15H16O7. The minimum Gasteiger partial charge on any atom is -0.462 e. The first kappa shape index (κ1) is 13.9. The van der Waals surface area contributed by atoms with E-state index in [1.165, 1.54) is 6.08 Å². The van der Waals surface area contributed by atoms with Crippen LogP contribution in [0.4, 0.5) is 0 Å². The molecule has 7 nitrogen and oxygen atoms in total. The van der Waals surface area contributed by atoms with Crippen LogP contribution in [-0.4, -0.2) is 52.4 Å². The van der Waals surface area contributed by atoms with Gasteiger partial charge in [0.2, 0.25) is 5.60 Å². The number of allylic oxidation sites excluding steroid dienone is 1. The molecule has 22 heavy (non-hydrogen) atoms. The average molecular weight is 308 g/mol. The molecule has 1 spiro atoms. The van der Waals surface area contributed by atoms with E-state index in [0.717, 1.165) is 0 Å². The first-order valence-electron chi connectivity index (χ1n) is 7.24. The van der Waals surface area contributed by atoms with Crippen LogP contribution in [0.1, 0.15) is 20.3 Å². The Hall–Kier alpha value is -1.73. The number of carbonyl (C=O) groups is 3. The third-order valence-electron chi connectivity index (χ3n) is 6.19. The Kier molecular flexibility index (Phi) is 2.27. The number of rotatable bonds is 0. The van der Waals surface area contributed by atoms with Crippen molar-refractivity contribution >= 4 is 17.7 Å². The average Bonchev–Trinajstić information content (AvgIpc) is 2.87. The number of esters is 2. The summed E-state index contributed by atoms with van der Waals surface area (Å²) in [6, 6.07) is 0. The van der Waals surface area contributed by atoms with Gasteiger partial charge in [-0.2, -0.15) is 0 Å². The third-order valence-corrected chi connectivity index (χ3v) is 6.19. The Morgan fingerprint density at radius 3 is 2.68 bits per heavy atom. The zero-order valence-electron chi connectivity index (χ0n) is 12.2. The fourth-order valence-electron chi connectivity index (χ4n) is 4.77. The lowest BCUT2D eigenvalue weighted by atomic mass is 9.49. The van der Waals surface area contributed by atoms with Crippen LogP contribution in [0.2, 0.25) is 0 Å². The second-order valence-corrected chi connectivity index (χ2v) is 6.93. The molecule has 2 aliphatic carbocycles. The molecule has 2 saturated heterocycles. The SMILES string of the molecule is C[C@@H]1C(=O)C=C2[C@@]13C[C@@H](OC(=O)[C@@H]3O)[C@@]1(O)C(=O)OC[C@@]21C. The lowest BCUT2D eigenvalue weighted by Crippen LogP contribution is -2.71. The van der Waals surface area contributed by atoms with E-state index in [0.29, 0.717) is 5.57 Å². The summed E-state index contributed by atoms with van der Waals surface area (Å²) in [6.45, 7) is 3.15. The largest absolute Gasteiger partial charge is 0.462 e. The van der Waals surface area contributed by atoms with Crippen LogP contribution in [0.5, 0.6) is 0 Å². The highest BCUT2D eigenvalue weighted by molar-refractivity contribution is 6.00. The number of fused-ring (bicyclic) bond motifs is 4. The monoisotopic (exact) mass is 308 g/mol. The van der Waals surface area contributed by atoms with Crippen molar-refractivity contribution in [2.75, 3.05) is 6.61 Å². The third kappa shape index (κ3) is 1.10. The van der Waals surface area contributed by atoms with Crippen LogP contribution in [0.25, 0.3) is 0 Å². The quantitative estimate of drug-likeness (QED) is 0.558. The van der Waals surface area contributed by atoms with Crippen LogP contribution >= 0.6 is 0 Å². The topological polar surface area (TPSA) is 110 Å². The maximum Gasteiger partial charge on any atom is 0.343 e. The lowest BCUT2D eigenvalue weighted by molar-refractivity contribution is -0.232. The number of ketones is 1. The van der Waals surface area contributed by atoms with Crippen molar-refractivity contribution in [3.05, 3.63) is 11.6 Å². The molecule has 2 aliphatic heterocycles. The van der Waals surface area contributed by atoms with E-state index < -0.39 is 46.5 Å². The van der Waals surface area contributed by atoms with Crippen molar-refractivity contribution in [2.45, 2.75) is 38.1 Å². The van der Waals surface area contributed by atoms with Crippen molar-refractivity contribution in [1.29, 1.82) is 0 Å². The highest BCUT2D eigenvalue weighted by atomic mass is 16.6. The van der Waals surface area contributed by atoms with Crippen LogP contribution in [0.15, 0.2) is 11.6 Å². The Labute approximate surface area is 125 Å². The van der Waals surface area contributed by atoms with Crippen molar-refractivity contribution in [1.82, 2.24) is 0 Å². The second kappa shape index (κ2) is 3.60. The smallest absolute Gasteiger partial charge is 0.343 e. The molecule has 1 saturated carbocycles. The summed E-state index contributed by atoms with van der Waals surface area (Å²) in [5.41, 5.74) is -3.94. The molecule has 6 atom stereocenters. The van der Waals surface area contributed by atoms with E-state index in [1.807, 2.05) is 0 Å². The summed E-state index contributed by atoms with van der Waals surface area (Å²) in [7, 11) is 0. The molecule has 0 unspecified atom stereocenters. The standard InChI is InChI=1S/C15H16O7/c1-6-7(16)3-8-13(2)5-21-12(19)15(13,20)9-4-14(6,8)10(17)11(18)22-9/h3,6,9-10,17,20H,4-5H2,1-2H3/t6-,9-,10+,13+,14-,15-/m1/s1. The number of carbonyl (C=O) groups excluding carboxylic acids is 3. The van der Waals surface area contributed by atoms with Crippen molar-refractivity contribution in [3.8, 4) is 0 Å². The molecule has 2 bridgehead atoms. The number of cyclic esters (lactones) is 1. The van der Waals surface area contributed by atoms with Gasteiger partial charge in [-0.15, -0.1) is 0 Å². The summed E-state index contributed by atoms with van der Waals surface area (Å²) in [5.74, 6) is -2.62. The minimum absolute atomic E-state index is 0.0276. The van der Waals surface area contributed by atoms with E-state index >= 15 is 0 Å². The van der Waals surface area contributed by atoms with Crippen LogP contribution in [-0.2, 0) is 23.9 Å². The number of hydrogen-bond acceptors (Lipinski definition) is 7. The summed E-state index contributed by atoms with van der Waals surface area (Å²) in [5, 5.41) is 21.4. The van der Waals surface area contributed by atoms with E-state index in [4.69, 9.17) is 9.47 Å². The first-order chi connectivity index (χ1) is 10.2. The van der Waals surface area contributed by atoms with Crippen LogP contribution in [0, 0.1) is 16.7 Å². The molecule has 0 aromatic heterocycles. The number of aliphatic hydroxyl groups is 2. The van der Waals surface area contributed by atoms with Gasteiger partial charge in [0.25, 0.3) is 0 Å². The van der Waals surface area contributed by atoms with Gasteiger partial charge in [0.15, 0.2) is 11.9 Å². The predicted octanol–water partition coefficient (Wildman–Crippen LogP) is -0.898. The van der Waals surface area contributed by atoms with Gasteiger partial charge in [-0.3, -0.25) is 4.79 Å². The fraction of sp³-hybridized carbons (Fsp3) is 0.667. The van der Waals surface area contributed by atoms with Gasteiger partial charge < -0.3 is 19.7 Å². The van der Waals surface area contributed by atoms with Gasteiger partial charge in [0, 0.05) is 17.8 Å². The second-order valence-electron chi connectivity index (χ2n) is 6.93. The molecule has 0 aromatic rings. The van der Waals surface area contributed by atoms with Gasteiger partial charge in [-0.25, -0.2) is 9.59 Å². The predicted molar refractivity (Wildman–Crippen MR) is 69.2 cm³/mol. The van der Waals surface area contributed by atoms with E-state index in [1.54, 1.807) is 13.8 Å². The molecule has 4 aliphatic rings. The van der Waals surface area contributed by atoms with E-state index in [9.17, 15) is 24.6 Å². The summed E-state index contributed by atoms with van der Waals surface area (Å²) < 4.78 is 10.2. The molecule has 4 rings (SSSR count). The highest BCUT2D eigenvalue weighted by Crippen LogP contribution is 2.66. The van der Waals surface area contributed by atoms with Gasteiger partial charge >= 0.3 is 11.9 Å². The van der Waals surface area contributed by atoms with Gasteiger partial charge in [0.05, 0.1) is 5.41 Å². The summed E-state index contributed by atoms with van der Waals surface area (Å²) in [4.78, 5) is 36.5. The van der Waals surface area contributed by atoms with Gasteiger partial charge in [0.1, 0.15) is 12.7 Å². The number of aliphatic hydroxyl groups excluding tert-OH is 1. The minimum atomic E-state index is -2.03. The molecular weight excluding hydrogens is 292 g/mol. The molecule has 0 radical (unpaired) electrons. The van der Waals surface area contributed by atoms with E-state index in [2.05, 4.69) is 0 Å². The molecule has 2 N–H and O–H groups in total. The summed E-state index contributed by atoms with van der Waals surface area (Å²) in [6.07, 6.45) is -1.24. The maximum absolute atomic E-state index is 12.3. The Bertz CT molecular complexity index is 667. The molecule has 2 heterocycles. The van der Waals surface area contributed by atoms with Crippen molar-refractivity contribution in [3.63, 3.8) is 0 Å². The Morgan fingerprint density at radius 1 is 1.32 bits per heavy atom. The van der Waals surface area contributed by atoms with Crippen molar-refractivity contribution < 1.29 is 34.1 Å². The zero-order valence-corrected chi connectivity index (χ0v) is 12.2. The lowest BCUT2D eigenvalue weighted by Gasteiger charge is -2.57. The number of ether oxygens (including phenoxy) is 2. The normalized spacial score (nSPS) is 52.6. The fourth-order valence-corrected chi connectivity index (χ4v) is 4.77. The van der Waals surface area contributed by atoms with Gasteiger partial charge in [-0.1, -0.05) is 6.92 Å². The highest BCUT2D eigenvalue weighted by Gasteiger charge is 2.78. The van der Waals surface area contributed by atoms with Gasteiger partial charge in [-0.05, 0) is 18.6 Å². The maximum atomic E-state index is 12.3. The Balaban J connectivity index is 2.02. The zero-order chi connectivity index (χ0) is 16.1.